The highest BCUT2D eigenvalue weighted by atomic mass is 14.7. The van der Waals surface area contributed by atoms with E-state index in [9.17, 15) is 0 Å². The lowest BCUT2D eigenvalue weighted by molar-refractivity contribution is 0.809. The molecule has 2 aliphatic carbocycles. The van der Waals surface area contributed by atoms with Crippen LogP contribution in [0.2, 0.25) is 0 Å². The highest BCUT2D eigenvalue weighted by Gasteiger charge is 2.53. The minimum atomic E-state index is -0.372. The van der Waals surface area contributed by atoms with Crippen LogP contribution in [0.3, 0.4) is 0 Å². The van der Waals surface area contributed by atoms with Gasteiger partial charge in [0.15, 0.2) is 0 Å². The van der Waals surface area contributed by atoms with E-state index in [4.69, 9.17) is 11.5 Å². The van der Waals surface area contributed by atoms with Crippen LogP contribution in [0.15, 0.2) is 164 Å². The molecule has 0 saturated carbocycles. The Labute approximate surface area is 294 Å². The molecule has 0 bridgehead atoms. The number of nitrogen functional groups attached to an aromatic ring is 2. The van der Waals surface area contributed by atoms with Crippen LogP contribution in [0.4, 0.5) is 11.4 Å². The van der Waals surface area contributed by atoms with Crippen LogP contribution in [0.1, 0.15) is 41.7 Å². The lowest BCUT2D eigenvalue weighted by Gasteiger charge is -2.32. The molecule has 2 nitrogen and oxygen atoms in total. The van der Waals surface area contributed by atoms with Crippen LogP contribution in [-0.2, 0) is 5.41 Å². The van der Waals surface area contributed by atoms with Gasteiger partial charge in [-0.1, -0.05) is 165 Å². The normalized spacial score (nSPS) is 12.6. The summed E-state index contributed by atoms with van der Waals surface area (Å²) >= 11 is 0. The molecule has 242 valence electrons. The molecule has 0 radical (unpaired) electrons. The van der Waals surface area contributed by atoms with Crippen molar-refractivity contribution >= 4 is 32.9 Å². The van der Waals surface area contributed by atoms with E-state index in [1.807, 2.05) is 26.0 Å². The maximum atomic E-state index is 5.39. The first-order valence-electron chi connectivity index (χ1n) is 17.5. The third kappa shape index (κ3) is 4.64. The summed E-state index contributed by atoms with van der Waals surface area (Å²) in [7, 11) is 0. The number of rotatable bonds is 1. The van der Waals surface area contributed by atoms with Crippen LogP contribution in [0.25, 0.3) is 54.9 Å². The van der Waals surface area contributed by atoms with Crippen molar-refractivity contribution in [1.82, 2.24) is 0 Å². The maximum Gasteiger partial charge on any atom is 0.0737 e. The Hall–Kier alpha value is -6.12. The molecule has 8 aromatic carbocycles. The molecule has 1 spiro atoms. The van der Waals surface area contributed by atoms with Gasteiger partial charge in [-0.2, -0.15) is 0 Å². The molecular weight excluding hydrogens is 605 g/mol. The van der Waals surface area contributed by atoms with Crippen LogP contribution >= 0.6 is 0 Å². The number of hydrogen-bond donors (Lipinski definition) is 2. The quantitative estimate of drug-likeness (QED) is 0.175. The van der Waals surface area contributed by atoms with E-state index < -0.39 is 0 Å². The fraction of sp³-hybridized carbons (Fsp3) is 0.0833. The fourth-order valence-corrected chi connectivity index (χ4v) is 8.27. The topological polar surface area (TPSA) is 52.0 Å². The third-order valence-electron chi connectivity index (χ3n) is 10.3. The molecule has 0 heterocycles. The van der Waals surface area contributed by atoms with Gasteiger partial charge in [-0.15, -0.1) is 0 Å². The Balaban J connectivity index is 0.000000317. The zero-order valence-electron chi connectivity index (χ0n) is 28.7. The number of benzene rings is 8. The van der Waals surface area contributed by atoms with Gasteiger partial charge in [0.1, 0.15) is 0 Å². The Kier molecular flexibility index (Phi) is 7.73. The molecule has 0 atom stereocenters. The first kappa shape index (κ1) is 31.2. The molecule has 4 N–H and O–H groups in total. The van der Waals surface area contributed by atoms with E-state index in [0.29, 0.717) is 11.4 Å². The number of fused-ring (bicyclic) bond motifs is 14. The lowest BCUT2D eigenvalue weighted by Crippen LogP contribution is -2.26. The second kappa shape index (κ2) is 12.4. The average Bonchev–Trinajstić information content (AvgIpc) is 3.64. The van der Waals surface area contributed by atoms with E-state index in [1.165, 1.54) is 82.7 Å². The third-order valence-corrected chi connectivity index (χ3v) is 10.3. The summed E-state index contributed by atoms with van der Waals surface area (Å²) in [5.41, 5.74) is 26.5. The van der Waals surface area contributed by atoms with Gasteiger partial charge in [0, 0.05) is 0 Å². The van der Waals surface area contributed by atoms with Crippen molar-refractivity contribution in [3.8, 4) is 33.4 Å². The van der Waals surface area contributed by atoms with Gasteiger partial charge >= 0.3 is 0 Å². The summed E-state index contributed by atoms with van der Waals surface area (Å²) in [6.07, 6.45) is 0. The van der Waals surface area contributed by atoms with Crippen molar-refractivity contribution in [1.29, 1.82) is 0 Å². The highest BCUT2D eigenvalue weighted by Crippen LogP contribution is 2.65. The number of anilines is 2. The number of nitrogens with two attached hydrogens (primary N) is 2. The van der Waals surface area contributed by atoms with E-state index in [-0.39, 0.29) is 5.41 Å². The number of para-hydroxylation sites is 2. The van der Waals surface area contributed by atoms with E-state index >= 15 is 0 Å². The van der Waals surface area contributed by atoms with Crippen molar-refractivity contribution < 1.29 is 0 Å². The minimum absolute atomic E-state index is 0.372. The zero-order valence-corrected chi connectivity index (χ0v) is 28.7. The molecule has 50 heavy (non-hydrogen) atoms. The van der Waals surface area contributed by atoms with Gasteiger partial charge in [0.05, 0.1) is 16.8 Å². The average molecular weight is 645 g/mol. The number of aryl methyl sites for hydroxylation is 1. The van der Waals surface area contributed by atoms with E-state index in [2.05, 4.69) is 146 Å². The summed E-state index contributed by atoms with van der Waals surface area (Å²) in [4.78, 5) is 0. The Bertz CT molecular complexity index is 2490. The summed E-state index contributed by atoms with van der Waals surface area (Å²) < 4.78 is 0. The van der Waals surface area contributed by atoms with Crippen molar-refractivity contribution in [3.05, 3.63) is 192 Å². The van der Waals surface area contributed by atoms with E-state index in [1.54, 1.807) is 12.1 Å². The highest BCUT2D eigenvalue weighted by molar-refractivity contribution is 6.09. The molecule has 0 fully saturated rings. The van der Waals surface area contributed by atoms with Gasteiger partial charge in [-0.05, 0) is 102 Å². The molecule has 0 aliphatic heterocycles. The van der Waals surface area contributed by atoms with Gasteiger partial charge in [0.2, 0.25) is 0 Å². The van der Waals surface area contributed by atoms with Gasteiger partial charge in [-0.25, -0.2) is 0 Å². The van der Waals surface area contributed by atoms with Crippen LogP contribution in [0.5, 0.6) is 0 Å². The molecule has 2 aliphatic rings. The first-order valence-corrected chi connectivity index (χ1v) is 17.5. The molecule has 0 saturated heterocycles. The minimum Gasteiger partial charge on any atom is -0.397 e. The largest absolute Gasteiger partial charge is 0.397 e. The van der Waals surface area contributed by atoms with Crippen LogP contribution in [0, 0.1) is 6.92 Å². The smallest absolute Gasteiger partial charge is 0.0737 e. The summed E-state index contributed by atoms with van der Waals surface area (Å²) in [6.45, 7) is 6.16. The Morgan fingerprint density at radius 1 is 0.400 bits per heavy atom. The second-order valence-corrected chi connectivity index (χ2v) is 13.0. The van der Waals surface area contributed by atoms with Crippen molar-refractivity contribution in [2.24, 2.45) is 0 Å². The maximum absolute atomic E-state index is 5.39. The SMILES string of the molecule is CC.Cc1cccc(-c2ccc3c4c(ccc3c2)-c2ccc3ccccc3c2C42c3ccccc3-c3ccccc32)c1.Nc1ccccc1N. The number of hydrogen-bond acceptors (Lipinski definition) is 2. The van der Waals surface area contributed by atoms with Crippen molar-refractivity contribution in [2.75, 3.05) is 11.5 Å². The predicted octanol–water partition coefficient (Wildman–Crippen LogP) is 12.2. The van der Waals surface area contributed by atoms with Crippen molar-refractivity contribution in [3.63, 3.8) is 0 Å². The molecule has 0 unspecified atom stereocenters. The molecule has 2 heteroatoms. The molecule has 8 aromatic rings. The Morgan fingerprint density at radius 3 is 1.54 bits per heavy atom. The standard InChI is InChI=1S/C40H26.C6H8N2.C2H6/c1-25-9-8-11-27(23-25)28-18-20-31-29(24-28)19-22-35-34-21-17-26-10-2-3-12-30(26)38(34)40(39(31)35)36-15-6-4-13-32(36)33-14-5-7-16-37(33)40;7-5-3-1-2-4-6(5)8;1-2/h2-24H,1H3;1-4H,7-8H2;1-2H3. The van der Waals surface area contributed by atoms with Crippen LogP contribution in [-0.4, -0.2) is 0 Å². The predicted molar refractivity (Wildman–Crippen MR) is 215 cm³/mol. The van der Waals surface area contributed by atoms with Gasteiger partial charge in [-0.3, -0.25) is 0 Å². The fourth-order valence-electron chi connectivity index (χ4n) is 8.27. The summed E-state index contributed by atoms with van der Waals surface area (Å²) in [6, 6.07) is 59.6. The molecule has 0 amide bonds. The summed E-state index contributed by atoms with van der Waals surface area (Å²) in [5, 5.41) is 5.25. The molecule has 10 rings (SSSR count). The van der Waals surface area contributed by atoms with Crippen molar-refractivity contribution in [2.45, 2.75) is 26.2 Å². The molecular formula is C48H40N2. The Morgan fingerprint density at radius 2 is 0.920 bits per heavy atom. The van der Waals surface area contributed by atoms with E-state index in [0.717, 1.165) is 0 Å². The second-order valence-electron chi connectivity index (χ2n) is 13.0. The zero-order chi connectivity index (χ0) is 34.4. The first-order chi connectivity index (χ1) is 24.6. The molecule has 0 aromatic heterocycles. The monoisotopic (exact) mass is 644 g/mol. The van der Waals surface area contributed by atoms with Gasteiger partial charge in [0.25, 0.3) is 0 Å². The van der Waals surface area contributed by atoms with Gasteiger partial charge < -0.3 is 11.5 Å². The van der Waals surface area contributed by atoms with Crippen LogP contribution < -0.4 is 11.5 Å². The lowest BCUT2D eigenvalue weighted by atomic mass is 9.68. The summed E-state index contributed by atoms with van der Waals surface area (Å²) in [5.74, 6) is 0.